The predicted molar refractivity (Wildman–Crippen MR) is 169 cm³/mol. The maximum atomic E-state index is 6.91. The van der Waals surface area contributed by atoms with E-state index in [4.69, 9.17) is 24.7 Å². The summed E-state index contributed by atoms with van der Waals surface area (Å²) in [6.45, 7) is 2.08. The van der Waals surface area contributed by atoms with Gasteiger partial charge in [0.2, 0.25) is 0 Å². The average molecular weight is 560 g/mol. The van der Waals surface area contributed by atoms with Gasteiger partial charge in [-0.25, -0.2) is 0 Å². The molecule has 5 rings (SSSR count). The molecule has 5 nitrogen and oxygen atoms in total. The summed E-state index contributed by atoms with van der Waals surface area (Å²) in [6, 6.07) is 37.4. The Labute approximate surface area is 248 Å². The number of anilines is 1. The Hall–Kier alpha value is -4.90. The molecule has 0 amide bonds. The van der Waals surface area contributed by atoms with E-state index in [1.165, 1.54) is 0 Å². The molecule has 0 aromatic heterocycles. The van der Waals surface area contributed by atoms with Gasteiger partial charge in [-0.15, -0.1) is 0 Å². The van der Waals surface area contributed by atoms with Gasteiger partial charge < -0.3 is 24.7 Å². The third-order valence-electron chi connectivity index (χ3n) is 7.88. The van der Waals surface area contributed by atoms with Crippen LogP contribution in [0.25, 0.3) is 0 Å². The molecule has 42 heavy (non-hydrogen) atoms. The Balaban J connectivity index is 1.71. The van der Waals surface area contributed by atoms with Gasteiger partial charge in [0.1, 0.15) is 23.0 Å². The standard InChI is InChI=1S/C37H37NO4/c1-24-22-29(35(25-6-14-30(39-2)15-7-25)26-8-16-31(40-3)17-9-26)23-34(37(24)38)36(27-10-18-32(41-4)19-11-27)28-12-20-33(42-5)21-13-28/h6-23,35-36H,38H2,1-5H3. The Bertz CT molecular complexity index is 1510. The maximum Gasteiger partial charge on any atom is 0.118 e. The summed E-state index contributed by atoms with van der Waals surface area (Å²) >= 11 is 0. The molecule has 0 bridgehead atoms. The highest BCUT2D eigenvalue weighted by atomic mass is 16.5. The first-order chi connectivity index (χ1) is 20.4. The van der Waals surface area contributed by atoms with Gasteiger partial charge in [0.15, 0.2) is 0 Å². The maximum absolute atomic E-state index is 6.91. The fourth-order valence-electron chi connectivity index (χ4n) is 5.57. The number of ether oxygens (including phenoxy) is 4. The highest BCUT2D eigenvalue weighted by molar-refractivity contribution is 5.63. The minimum absolute atomic E-state index is 0.0350. The zero-order valence-corrected chi connectivity index (χ0v) is 24.8. The van der Waals surface area contributed by atoms with E-state index >= 15 is 0 Å². The minimum Gasteiger partial charge on any atom is -0.497 e. The summed E-state index contributed by atoms with van der Waals surface area (Å²) < 4.78 is 21.8. The fraction of sp³-hybridized carbons (Fsp3) is 0.189. The molecule has 0 atom stereocenters. The van der Waals surface area contributed by atoms with Crippen molar-refractivity contribution in [3.63, 3.8) is 0 Å². The molecule has 5 heteroatoms. The van der Waals surface area contributed by atoms with E-state index in [1.54, 1.807) is 28.4 Å². The molecule has 0 saturated heterocycles. The summed E-state index contributed by atoms with van der Waals surface area (Å²) in [5.74, 6) is 3.12. The number of hydrogen-bond acceptors (Lipinski definition) is 5. The lowest BCUT2D eigenvalue weighted by Crippen LogP contribution is -2.11. The smallest absolute Gasteiger partial charge is 0.118 e. The lowest BCUT2D eigenvalue weighted by molar-refractivity contribution is 0.414. The second kappa shape index (κ2) is 12.7. The topological polar surface area (TPSA) is 62.9 Å². The Kier molecular flexibility index (Phi) is 8.68. The fourth-order valence-corrected chi connectivity index (χ4v) is 5.57. The first kappa shape index (κ1) is 28.6. The normalized spacial score (nSPS) is 11.0. The quantitative estimate of drug-likeness (QED) is 0.139. The molecule has 0 unspecified atom stereocenters. The van der Waals surface area contributed by atoms with E-state index in [-0.39, 0.29) is 11.8 Å². The van der Waals surface area contributed by atoms with Crippen molar-refractivity contribution in [2.24, 2.45) is 0 Å². The number of hydrogen-bond donors (Lipinski definition) is 1. The van der Waals surface area contributed by atoms with Crippen molar-refractivity contribution in [2.45, 2.75) is 18.8 Å². The number of benzene rings is 5. The highest BCUT2D eigenvalue weighted by Crippen LogP contribution is 2.42. The zero-order valence-electron chi connectivity index (χ0n) is 24.8. The van der Waals surface area contributed by atoms with Crippen LogP contribution in [0.1, 0.15) is 50.8 Å². The van der Waals surface area contributed by atoms with Crippen LogP contribution < -0.4 is 24.7 Å². The number of methoxy groups -OCH3 is 4. The number of nitrogen functional groups attached to an aromatic ring is 1. The summed E-state index contributed by atoms with van der Waals surface area (Å²) in [4.78, 5) is 0. The van der Waals surface area contributed by atoms with Crippen LogP contribution in [0, 0.1) is 6.92 Å². The van der Waals surface area contributed by atoms with Crippen molar-refractivity contribution >= 4 is 5.69 Å². The molecule has 0 aliphatic carbocycles. The van der Waals surface area contributed by atoms with E-state index in [9.17, 15) is 0 Å². The Morgan fingerprint density at radius 1 is 0.429 bits per heavy atom. The van der Waals surface area contributed by atoms with Gasteiger partial charge in [0.05, 0.1) is 28.4 Å². The first-order valence-corrected chi connectivity index (χ1v) is 13.9. The molecule has 0 fully saturated rings. The molecule has 0 aliphatic rings. The molecule has 5 aromatic rings. The molecule has 5 aromatic carbocycles. The SMILES string of the molecule is COc1ccc(C(c2ccc(OC)cc2)c2cc(C)c(N)c(C(c3ccc(OC)cc3)c3ccc(OC)cc3)c2)cc1. The van der Waals surface area contributed by atoms with E-state index in [0.717, 1.165) is 67.6 Å². The van der Waals surface area contributed by atoms with Crippen LogP contribution in [0.2, 0.25) is 0 Å². The van der Waals surface area contributed by atoms with Crippen molar-refractivity contribution in [2.75, 3.05) is 34.2 Å². The monoisotopic (exact) mass is 559 g/mol. The van der Waals surface area contributed by atoms with Gasteiger partial charge in [-0.1, -0.05) is 60.7 Å². The van der Waals surface area contributed by atoms with Gasteiger partial charge in [-0.3, -0.25) is 0 Å². The van der Waals surface area contributed by atoms with Crippen LogP contribution in [-0.4, -0.2) is 28.4 Å². The number of rotatable bonds is 10. The summed E-state index contributed by atoms with van der Waals surface area (Å²) in [7, 11) is 6.73. The number of aryl methyl sites for hydroxylation is 1. The molecule has 0 radical (unpaired) electrons. The summed E-state index contributed by atoms with van der Waals surface area (Å²) in [5, 5.41) is 0. The van der Waals surface area contributed by atoms with E-state index in [2.05, 4.69) is 67.6 Å². The summed E-state index contributed by atoms with van der Waals surface area (Å²) in [6.07, 6.45) is 0. The molecule has 0 aliphatic heterocycles. The Morgan fingerprint density at radius 3 is 1.05 bits per heavy atom. The van der Waals surface area contributed by atoms with Crippen LogP contribution in [0.5, 0.6) is 23.0 Å². The predicted octanol–water partition coefficient (Wildman–Crippen LogP) is 7.97. The molecule has 0 spiro atoms. The van der Waals surface area contributed by atoms with Crippen LogP contribution >= 0.6 is 0 Å². The van der Waals surface area contributed by atoms with E-state index in [0.29, 0.717) is 0 Å². The van der Waals surface area contributed by atoms with Gasteiger partial charge in [-0.2, -0.15) is 0 Å². The molecule has 0 heterocycles. The molecule has 2 N–H and O–H groups in total. The van der Waals surface area contributed by atoms with Crippen molar-refractivity contribution in [3.8, 4) is 23.0 Å². The lowest BCUT2D eigenvalue weighted by atomic mass is 9.79. The largest absolute Gasteiger partial charge is 0.497 e. The zero-order chi connectivity index (χ0) is 29.6. The van der Waals surface area contributed by atoms with Gasteiger partial charge in [0, 0.05) is 17.5 Å². The van der Waals surface area contributed by atoms with Gasteiger partial charge >= 0.3 is 0 Å². The van der Waals surface area contributed by atoms with E-state index < -0.39 is 0 Å². The minimum atomic E-state index is -0.104. The van der Waals surface area contributed by atoms with Crippen molar-refractivity contribution < 1.29 is 18.9 Å². The number of nitrogens with two attached hydrogens (primary N) is 1. The van der Waals surface area contributed by atoms with Crippen molar-refractivity contribution in [1.82, 2.24) is 0 Å². The third-order valence-corrected chi connectivity index (χ3v) is 7.88. The first-order valence-electron chi connectivity index (χ1n) is 13.9. The second-order valence-electron chi connectivity index (χ2n) is 10.3. The highest BCUT2D eigenvalue weighted by Gasteiger charge is 2.25. The van der Waals surface area contributed by atoms with Crippen LogP contribution in [0.4, 0.5) is 5.69 Å². The molecular formula is C37H37NO4. The van der Waals surface area contributed by atoms with Gasteiger partial charge in [0.25, 0.3) is 0 Å². The van der Waals surface area contributed by atoms with Crippen molar-refractivity contribution in [1.29, 1.82) is 0 Å². The molecular weight excluding hydrogens is 522 g/mol. The van der Waals surface area contributed by atoms with Crippen molar-refractivity contribution in [3.05, 3.63) is 148 Å². The second-order valence-corrected chi connectivity index (χ2v) is 10.3. The molecule has 214 valence electrons. The summed E-state index contributed by atoms with van der Waals surface area (Å²) in [5.41, 5.74) is 15.5. The Morgan fingerprint density at radius 2 is 0.738 bits per heavy atom. The average Bonchev–Trinajstić information content (AvgIpc) is 3.04. The van der Waals surface area contributed by atoms with Gasteiger partial charge in [-0.05, 0) is 94.4 Å². The third kappa shape index (κ3) is 5.91. The van der Waals surface area contributed by atoms with Crippen LogP contribution in [-0.2, 0) is 0 Å². The van der Waals surface area contributed by atoms with Crippen LogP contribution in [0.3, 0.4) is 0 Å². The lowest BCUT2D eigenvalue weighted by Gasteiger charge is -2.26. The molecule has 0 saturated carbocycles. The van der Waals surface area contributed by atoms with E-state index in [1.807, 2.05) is 48.5 Å². The van der Waals surface area contributed by atoms with Crippen LogP contribution in [0.15, 0.2) is 109 Å².